The highest BCUT2D eigenvalue weighted by Crippen LogP contribution is 1.92. The Bertz CT molecular complexity index is 107. The Morgan fingerprint density at radius 3 is 2.69 bits per heavy atom. The van der Waals surface area contributed by atoms with E-state index in [2.05, 4.69) is 24.1 Å². The highest BCUT2D eigenvalue weighted by Gasteiger charge is 2.02. The van der Waals surface area contributed by atoms with Crippen LogP contribution in [0.15, 0.2) is 0 Å². The second kappa shape index (κ2) is 8.44. The largest absolute Gasteiger partial charge is 0.384 e. The number of nitrogens with one attached hydrogen (secondary N) is 1. The fraction of sp³-hybridized carbons (Fsp3) is 1.00. The van der Waals surface area contributed by atoms with E-state index < -0.39 is 0 Å². The summed E-state index contributed by atoms with van der Waals surface area (Å²) in [4.78, 5) is 2.14. The molecule has 1 atom stereocenters. The molecule has 0 saturated carbocycles. The first-order valence-corrected chi connectivity index (χ1v) is 4.86. The van der Waals surface area contributed by atoms with Crippen LogP contribution >= 0.6 is 0 Å². The van der Waals surface area contributed by atoms with Crippen molar-refractivity contribution in [2.45, 2.75) is 13.8 Å². The molecular weight excluding hydrogens is 166 g/mol. The fourth-order valence-electron chi connectivity index (χ4n) is 1.12. The van der Waals surface area contributed by atoms with E-state index in [0.29, 0.717) is 12.6 Å². The van der Waals surface area contributed by atoms with Crippen molar-refractivity contribution in [2.75, 3.05) is 40.1 Å². The van der Waals surface area contributed by atoms with E-state index in [1.165, 1.54) is 0 Å². The maximum atomic E-state index is 5.52. The second-order valence-corrected chi connectivity index (χ2v) is 3.34. The highest BCUT2D eigenvalue weighted by atomic mass is 16.5. The Labute approximate surface area is 81.4 Å². The first-order chi connectivity index (χ1) is 6.24. The Morgan fingerprint density at radius 2 is 2.23 bits per heavy atom. The number of ether oxygens (including phenoxy) is 1. The molecule has 0 aliphatic carbocycles. The van der Waals surface area contributed by atoms with Crippen LogP contribution in [0.5, 0.6) is 0 Å². The minimum Gasteiger partial charge on any atom is -0.384 e. The van der Waals surface area contributed by atoms with Gasteiger partial charge in [-0.3, -0.25) is 4.90 Å². The third-order valence-electron chi connectivity index (χ3n) is 1.98. The van der Waals surface area contributed by atoms with Crippen LogP contribution in [-0.4, -0.2) is 45.0 Å². The lowest BCUT2D eigenvalue weighted by Crippen LogP contribution is -2.39. The third-order valence-corrected chi connectivity index (χ3v) is 1.98. The molecule has 0 radical (unpaired) electrons. The van der Waals surface area contributed by atoms with Crippen LogP contribution in [0.4, 0.5) is 0 Å². The lowest BCUT2D eigenvalue weighted by atomic mass is 10.2. The van der Waals surface area contributed by atoms with Crippen molar-refractivity contribution in [1.29, 1.82) is 0 Å². The molecule has 0 heterocycles. The molecule has 80 valence electrons. The zero-order valence-corrected chi connectivity index (χ0v) is 9.05. The molecule has 0 bridgehead atoms. The third kappa shape index (κ3) is 6.95. The summed E-state index contributed by atoms with van der Waals surface area (Å²) in [6.45, 7) is 8.51. The Hall–Kier alpha value is -0.160. The van der Waals surface area contributed by atoms with Crippen LogP contribution in [-0.2, 0) is 4.74 Å². The van der Waals surface area contributed by atoms with Crippen molar-refractivity contribution in [2.24, 2.45) is 11.7 Å². The van der Waals surface area contributed by atoms with E-state index in [-0.39, 0.29) is 0 Å². The minimum atomic E-state index is 0.557. The number of hydrogen-bond donors (Lipinski definition) is 2. The van der Waals surface area contributed by atoms with E-state index in [1.807, 2.05) is 0 Å². The van der Waals surface area contributed by atoms with Gasteiger partial charge in [0.15, 0.2) is 0 Å². The summed E-state index contributed by atoms with van der Waals surface area (Å²) in [6.07, 6.45) is 0. The topological polar surface area (TPSA) is 50.5 Å². The zero-order chi connectivity index (χ0) is 10.1. The number of hydrogen-bond acceptors (Lipinski definition) is 4. The van der Waals surface area contributed by atoms with E-state index in [9.17, 15) is 0 Å². The second-order valence-electron chi connectivity index (χ2n) is 3.34. The van der Waals surface area contributed by atoms with E-state index >= 15 is 0 Å². The summed E-state index contributed by atoms with van der Waals surface area (Å²) in [6, 6.07) is 0. The highest BCUT2D eigenvalue weighted by molar-refractivity contribution is 4.56. The molecular formula is C9H23N3O. The van der Waals surface area contributed by atoms with Gasteiger partial charge in [0.2, 0.25) is 0 Å². The fourth-order valence-corrected chi connectivity index (χ4v) is 1.12. The SMILES string of the molecule is CCN(CN)CNCC(C)COC. The van der Waals surface area contributed by atoms with Crippen LogP contribution in [0.3, 0.4) is 0 Å². The van der Waals surface area contributed by atoms with Gasteiger partial charge in [0.1, 0.15) is 0 Å². The van der Waals surface area contributed by atoms with Crippen molar-refractivity contribution in [1.82, 2.24) is 10.2 Å². The van der Waals surface area contributed by atoms with Crippen molar-refractivity contribution in [3.63, 3.8) is 0 Å². The van der Waals surface area contributed by atoms with Gasteiger partial charge in [0.05, 0.1) is 0 Å². The molecule has 1 unspecified atom stereocenters. The monoisotopic (exact) mass is 189 g/mol. The maximum absolute atomic E-state index is 5.52. The standard InChI is InChI=1S/C9H23N3O/c1-4-12(7-10)8-11-5-9(2)6-13-3/h9,11H,4-8,10H2,1-3H3. The summed E-state index contributed by atoms with van der Waals surface area (Å²) < 4.78 is 5.04. The van der Waals surface area contributed by atoms with Crippen molar-refractivity contribution < 1.29 is 4.74 Å². The molecule has 0 aromatic heterocycles. The van der Waals surface area contributed by atoms with Gasteiger partial charge in [-0.2, -0.15) is 0 Å². The van der Waals surface area contributed by atoms with Gasteiger partial charge in [-0.1, -0.05) is 13.8 Å². The number of rotatable bonds is 8. The normalized spacial score (nSPS) is 13.6. The molecule has 0 aliphatic rings. The Morgan fingerprint density at radius 1 is 1.54 bits per heavy atom. The van der Waals surface area contributed by atoms with Crippen LogP contribution in [0.1, 0.15) is 13.8 Å². The quantitative estimate of drug-likeness (QED) is 0.530. The summed E-state index contributed by atoms with van der Waals surface area (Å²) in [7, 11) is 1.73. The van der Waals surface area contributed by atoms with Gasteiger partial charge >= 0.3 is 0 Å². The summed E-state index contributed by atoms with van der Waals surface area (Å²) in [5.74, 6) is 0.557. The van der Waals surface area contributed by atoms with Gasteiger partial charge in [-0.15, -0.1) is 0 Å². The van der Waals surface area contributed by atoms with E-state index in [4.69, 9.17) is 10.5 Å². The van der Waals surface area contributed by atoms with Crippen LogP contribution < -0.4 is 11.1 Å². The molecule has 13 heavy (non-hydrogen) atoms. The van der Waals surface area contributed by atoms with E-state index in [0.717, 1.165) is 26.4 Å². The van der Waals surface area contributed by atoms with Gasteiger partial charge in [-0.25, -0.2) is 0 Å². The van der Waals surface area contributed by atoms with Crippen molar-refractivity contribution in [3.8, 4) is 0 Å². The molecule has 0 rings (SSSR count). The molecule has 0 aromatic carbocycles. The van der Waals surface area contributed by atoms with Gasteiger partial charge in [0, 0.05) is 33.6 Å². The van der Waals surface area contributed by atoms with Crippen LogP contribution in [0, 0.1) is 5.92 Å². The molecule has 4 heteroatoms. The molecule has 0 saturated heterocycles. The lowest BCUT2D eigenvalue weighted by molar-refractivity contribution is 0.154. The predicted molar refractivity (Wildman–Crippen MR) is 55.3 cm³/mol. The van der Waals surface area contributed by atoms with E-state index in [1.54, 1.807) is 7.11 Å². The predicted octanol–water partition coefficient (Wildman–Crippen LogP) is 0.0541. The Balaban J connectivity index is 3.32. The molecule has 0 aliphatic heterocycles. The number of nitrogens with zero attached hydrogens (tertiary/aromatic N) is 1. The summed E-state index contributed by atoms with van der Waals surface area (Å²) in [5.41, 5.74) is 5.52. The van der Waals surface area contributed by atoms with Crippen LogP contribution in [0.2, 0.25) is 0 Å². The summed E-state index contributed by atoms with van der Waals surface area (Å²) >= 11 is 0. The molecule has 3 N–H and O–H groups in total. The van der Waals surface area contributed by atoms with Gasteiger partial charge < -0.3 is 15.8 Å². The number of nitrogens with two attached hydrogens (primary N) is 1. The van der Waals surface area contributed by atoms with Crippen molar-refractivity contribution in [3.05, 3.63) is 0 Å². The average Bonchev–Trinajstić information content (AvgIpc) is 2.13. The minimum absolute atomic E-state index is 0.557. The molecule has 0 spiro atoms. The van der Waals surface area contributed by atoms with Gasteiger partial charge in [-0.05, 0) is 12.5 Å². The van der Waals surface area contributed by atoms with Crippen molar-refractivity contribution >= 4 is 0 Å². The smallest absolute Gasteiger partial charge is 0.0499 e. The molecule has 0 amide bonds. The lowest BCUT2D eigenvalue weighted by Gasteiger charge is -2.19. The first-order valence-electron chi connectivity index (χ1n) is 4.86. The molecule has 0 fully saturated rings. The molecule has 0 aromatic rings. The zero-order valence-electron chi connectivity index (χ0n) is 9.05. The first kappa shape index (κ1) is 12.8. The summed E-state index contributed by atoms with van der Waals surface area (Å²) in [5, 5.41) is 3.34. The maximum Gasteiger partial charge on any atom is 0.0499 e. The van der Waals surface area contributed by atoms with Gasteiger partial charge in [0.25, 0.3) is 0 Å². The Kier molecular flexibility index (Phi) is 8.33. The molecule has 4 nitrogen and oxygen atoms in total. The average molecular weight is 189 g/mol. The van der Waals surface area contributed by atoms with Crippen LogP contribution in [0.25, 0.3) is 0 Å². The number of methoxy groups -OCH3 is 1.